The molecule has 8 heteroatoms. The van der Waals surface area contributed by atoms with Crippen molar-refractivity contribution >= 4 is 33.8 Å². The van der Waals surface area contributed by atoms with Crippen molar-refractivity contribution < 1.29 is 24.2 Å². The van der Waals surface area contributed by atoms with Crippen molar-refractivity contribution in [3.8, 4) is 5.75 Å². The Morgan fingerprint density at radius 3 is 2.59 bits per heavy atom. The number of likely N-dealkylation sites (tertiary alicyclic amines) is 1. The molecule has 0 spiro atoms. The first-order chi connectivity index (χ1) is 12.9. The van der Waals surface area contributed by atoms with E-state index in [1.165, 1.54) is 19.2 Å². The summed E-state index contributed by atoms with van der Waals surface area (Å²) in [5.41, 5.74) is 0.776. The predicted molar refractivity (Wildman–Crippen MR) is 100 cm³/mol. The van der Waals surface area contributed by atoms with Crippen LogP contribution in [0.3, 0.4) is 0 Å². The average molecular weight is 440 g/mol. The van der Waals surface area contributed by atoms with E-state index in [4.69, 9.17) is 4.74 Å². The molecule has 0 unspecified atom stereocenters. The molecule has 1 saturated heterocycles. The van der Waals surface area contributed by atoms with Gasteiger partial charge in [0, 0.05) is 0 Å². The van der Waals surface area contributed by atoms with E-state index in [1.54, 1.807) is 17.0 Å². The van der Waals surface area contributed by atoms with E-state index in [-0.39, 0.29) is 29.9 Å². The number of nitrogens with one attached hydrogen (secondary N) is 1. The molecule has 1 radical (unpaired) electrons. The Morgan fingerprint density at radius 1 is 1.33 bits per heavy atom. The first-order valence-electron chi connectivity index (χ1n) is 8.92. The molecule has 1 fully saturated rings. The van der Waals surface area contributed by atoms with Crippen LogP contribution in [0.5, 0.6) is 5.75 Å². The van der Waals surface area contributed by atoms with Crippen LogP contribution in [0.2, 0.25) is 5.32 Å². The SMILES string of the molecule is COC(=O)[C@H](Cc1ccc(O)cc1)NC(=O)[C@@H]1CCCN1C(=O)[C@H](C)C[Se]. The van der Waals surface area contributed by atoms with Crippen LogP contribution in [-0.2, 0) is 25.5 Å². The standard InChI is InChI=1S/C19H25N2O5Se/c1-12(11-27)18(24)21-9-3-4-16(21)17(23)20-15(19(25)26-2)10-13-5-7-14(22)8-6-13/h5-8,12,15-16,22H,3-4,9-11H2,1-2H3,(H,20,23)/t12-,15+,16+/m1/s1. The number of amides is 2. The van der Waals surface area contributed by atoms with Crippen molar-refractivity contribution in [2.24, 2.45) is 5.92 Å². The van der Waals surface area contributed by atoms with Crippen LogP contribution in [0.15, 0.2) is 24.3 Å². The Kier molecular flexibility index (Phi) is 7.68. The summed E-state index contributed by atoms with van der Waals surface area (Å²) >= 11 is 2.85. The fourth-order valence-corrected chi connectivity index (χ4v) is 3.43. The number of esters is 1. The topological polar surface area (TPSA) is 95.9 Å². The number of rotatable bonds is 7. The molecule has 0 saturated carbocycles. The molecule has 0 bridgehead atoms. The number of benzene rings is 1. The molecule has 1 aliphatic rings. The fraction of sp³-hybridized carbons (Fsp3) is 0.526. The number of ether oxygens (including phenoxy) is 1. The summed E-state index contributed by atoms with van der Waals surface area (Å²) < 4.78 is 4.81. The van der Waals surface area contributed by atoms with E-state index < -0.39 is 18.1 Å². The molecule has 7 nitrogen and oxygen atoms in total. The van der Waals surface area contributed by atoms with Crippen molar-refractivity contribution in [3.05, 3.63) is 29.8 Å². The first-order valence-corrected chi connectivity index (χ1v) is 10.1. The van der Waals surface area contributed by atoms with Gasteiger partial charge in [0.25, 0.3) is 0 Å². The number of methoxy groups -OCH3 is 1. The number of hydrogen-bond donors (Lipinski definition) is 2. The van der Waals surface area contributed by atoms with E-state index in [9.17, 15) is 19.5 Å². The number of carbonyl (C=O) groups excluding carboxylic acids is 3. The Labute approximate surface area is 167 Å². The van der Waals surface area contributed by atoms with E-state index in [0.717, 1.165) is 12.0 Å². The molecule has 1 aromatic carbocycles. The summed E-state index contributed by atoms with van der Waals surface area (Å²) in [7, 11) is 1.27. The van der Waals surface area contributed by atoms with Crippen molar-refractivity contribution in [1.29, 1.82) is 0 Å². The van der Waals surface area contributed by atoms with Gasteiger partial charge in [-0.1, -0.05) is 0 Å². The number of hydrogen-bond acceptors (Lipinski definition) is 5. The van der Waals surface area contributed by atoms with Gasteiger partial charge in [0.1, 0.15) is 5.75 Å². The van der Waals surface area contributed by atoms with Gasteiger partial charge in [0.2, 0.25) is 0 Å². The van der Waals surface area contributed by atoms with Crippen LogP contribution in [-0.4, -0.2) is 69.5 Å². The molecule has 147 valence electrons. The van der Waals surface area contributed by atoms with Crippen molar-refractivity contribution in [2.75, 3.05) is 13.7 Å². The van der Waals surface area contributed by atoms with Gasteiger partial charge in [-0.15, -0.1) is 0 Å². The molecular formula is C19H25N2O5Se. The summed E-state index contributed by atoms with van der Waals surface area (Å²) in [5.74, 6) is -1.02. The Balaban J connectivity index is 2.09. The molecule has 3 atom stereocenters. The van der Waals surface area contributed by atoms with Gasteiger partial charge < -0.3 is 5.11 Å². The van der Waals surface area contributed by atoms with Crippen LogP contribution in [0.25, 0.3) is 0 Å². The van der Waals surface area contributed by atoms with Crippen molar-refractivity contribution in [3.63, 3.8) is 0 Å². The quantitative estimate of drug-likeness (QED) is 0.483. The molecule has 0 aliphatic carbocycles. The normalized spacial score (nSPS) is 18.6. The molecule has 1 aliphatic heterocycles. The summed E-state index contributed by atoms with van der Waals surface area (Å²) in [4.78, 5) is 39.0. The van der Waals surface area contributed by atoms with Crippen LogP contribution in [0.4, 0.5) is 0 Å². The number of nitrogens with zero attached hydrogens (tertiary/aromatic N) is 1. The molecule has 2 amide bonds. The van der Waals surface area contributed by atoms with E-state index in [0.29, 0.717) is 18.3 Å². The third kappa shape index (κ3) is 5.46. The maximum atomic E-state index is 12.8. The fourth-order valence-electron chi connectivity index (χ4n) is 3.13. The zero-order chi connectivity index (χ0) is 20.0. The number of phenolic OH excluding ortho intramolecular Hbond substituents is 1. The third-order valence-electron chi connectivity index (χ3n) is 4.69. The molecule has 1 aromatic rings. The zero-order valence-electron chi connectivity index (χ0n) is 15.5. The van der Waals surface area contributed by atoms with Gasteiger partial charge >= 0.3 is 156 Å². The minimum absolute atomic E-state index is 0.0560. The second kappa shape index (κ2) is 9.76. The molecule has 1 heterocycles. The molecule has 0 aromatic heterocycles. The van der Waals surface area contributed by atoms with Gasteiger partial charge in [-0.25, -0.2) is 0 Å². The second-order valence-electron chi connectivity index (χ2n) is 6.71. The number of phenols is 1. The van der Waals surface area contributed by atoms with Gasteiger partial charge in [-0.3, -0.25) is 0 Å². The Bertz CT molecular complexity index is 679. The summed E-state index contributed by atoms with van der Waals surface area (Å²) in [6, 6.07) is 4.97. The van der Waals surface area contributed by atoms with E-state index in [1.807, 2.05) is 6.92 Å². The van der Waals surface area contributed by atoms with Gasteiger partial charge in [-0.05, 0) is 0 Å². The zero-order valence-corrected chi connectivity index (χ0v) is 17.2. The number of aromatic hydroxyl groups is 1. The van der Waals surface area contributed by atoms with Gasteiger partial charge in [0.15, 0.2) is 0 Å². The molecule has 2 rings (SSSR count). The Morgan fingerprint density at radius 2 is 2.00 bits per heavy atom. The Hall–Kier alpha value is -2.05. The maximum absolute atomic E-state index is 12.8. The molecular weight excluding hydrogens is 415 g/mol. The number of carbonyl (C=O) groups is 3. The molecule has 27 heavy (non-hydrogen) atoms. The van der Waals surface area contributed by atoms with E-state index in [2.05, 4.69) is 21.3 Å². The van der Waals surface area contributed by atoms with Crippen LogP contribution >= 0.6 is 0 Å². The monoisotopic (exact) mass is 441 g/mol. The van der Waals surface area contributed by atoms with Crippen LogP contribution in [0, 0.1) is 5.92 Å². The molecule has 2 N–H and O–H groups in total. The van der Waals surface area contributed by atoms with Crippen LogP contribution in [0.1, 0.15) is 25.3 Å². The average Bonchev–Trinajstić information content (AvgIpc) is 3.17. The summed E-state index contributed by atoms with van der Waals surface area (Å²) in [5, 5.41) is 12.7. The van der Waals surface area contributed by atoms with Crippen LogP contribution < -0.4 is 5.32 Å². The summed E-state index contributed by atoms with van der Waals surface area (Å²) in [6.07, 6.45) is 1.56. The first kappa shape index (κ1) is 21.3. The summed E-state index contributed by atoms with van der Waals surface area (Å²) in [6.45, 7) is 2.37. The van der Waals surface area contributed by atoms with E-state index >= 15 is 0 Å². The predicted octanol–water partition coefficient (Wildman–Crippen LogP) is 0.806. The van der Waals surface area contributed by atoms with Crippen molar-refractivity contribution in [1.82, 2.24) is 10.2 Å². The van der Waals surface area contributed by atoms with Gasteiger partial charge in [0.05, 0.1) is 0 Å². The second-order valence-corrected chi connectivity index (χ2v) is 7.41. The van der Waals surface area contributed by atoms with Crippen molar-refractivity contribution in [2.45, 2.75) is 43.6 Å². The minimum atomic E-state index is -0.860. The van der Waals surface area contributed by atoms with Gasteiger partial charge in [-0.2, -0.15) is 0 Å². The third-order valence-corrected chi connectivity index (χ3v) is 5.74.